The van der Waals surface area contributed by atoms with Crippen LogP contribution in [0.2, 0.25) is 0 Å². The first-order valence-electron chi connectivity index (χ1n) is 18.3. The van der Waals surface area contributed by atoms with Crippen molar-refractivity contribution in [2.24, 2.45) is 0 Å². The third-order valence-electron chi connectivity index (χ3n) is 11.0. The third-order valence-corrected chi connectivity index (χ3v) is 11.0. The van der Waals surface area contributed by atoms with E-state index < -0.39 is 0 Å². The molecule has 0 aliphatic heterocycles. The zero-order valence-corrected chi connectivity index (χ0v) is 29.5. The molecule has 52 heavy (non-hydrogen) atoms. The first-order chi connectivity index (χ1) is 25.6. The van der Waals surface area contributed by atoms with E-state index in [1.165, 1.54) is 99.9 Å². The van der Waals surface area contributed by atoms with Gasteiger partial charge < -0.3 is 9.13 Å². The maximum atomic E-state index is 2.49. The fraction of sp³-hybridized carbons (Fsp3) is 0.0800. The summed E-state index contributed by atoms with van der Waals surface area (Å²) < 4.78 is 4.91. The van der Waals surface area contributed by atoms with Crippen molar-refractivity contribution in [1.82, 2.24) is 9.13 Å². The summed E-state index contributed by atoms with van der Waals surface area (Å²) in [4.78, 5) is 0. The summed E-state index contributed by atoms with van der Waals surface area (Å²) in [5, 5.41) is 3.87. The molecule has 0 bridgehead atoms. The topological polar surface area (TPSA) is 9.86 Å². The van der Waals surface area contributed by atoms with E-state index in [0.717, 1.165) is 12.8 Å². The minimum Gasteiger partial charge on any atom is -0.313 e. The van der Waals surface area contributed by atoms with Crippen molar-refractivity contribution in [2.75, 3.05) is 0 Å². The zero-order chi connectivity index (χ0) is 34.8. The van der Waals surface area contributed by atoms with Gasteiger partial charge in [-0.15, -0.1) is 0 Å². The Kier molecular flexibility index (Phi) is 7.11. The Morgan fingerprint density at radius 1 is 0.385 bits per heavy atom. The molecule has 10 rings (SSSR count). The van der Waals surface area contributed by atoms with E-state index in [4.69, 9.17) is 0 Å². The lowest BCUT2D eigenvalue weighted by molar-refractivity contribution is 0.856. The quantitative estimate of drug-likeness (QED) is 0.173. The summed E-state index contributed by atoms with van der Waals surface area (Å²) in [5.74, 6) is 0. The van der Waals surface area contributed by atoms with Crippen LogP contribution >= 0.6 is 0 Å². The lowest BCUT2D eigenvalue weighted by Gasteiger charge is -2.16. The van der Waals surface area contributed by atoms with Gasteiger partial charge in [0.05, 0.1) is 16.6 Å². The summed E-state index contributed by atoms with van der Waals surface area (Å²) >= 11 is 0. The number of aryl methyl sites for hydroxylation is 1. The van der Waals surface area contributed by atoms with Crippen LogP contribution in [0.25, 0.3) is 83.5 Å². The lowest BCUT2D eigenvalue weighted by Crippen LogP contribution is -2.04. The second kappa shape index (κ2) is 12.1. The molecule has 248 valence electrons. The molecule has 1 aliphatic rings. The largest absolute Gasteiger partial charge is 0.313 e. The molecule has 2 nitrogen and oxygen atoms in total. The molecular formula is C50H38N2. The number of aromatic nitrogens is 2. The molecule has 0 amide bonds. The van der Waals surface area contributed by atoms with Gasteiger partial charge in [-0.3, -0.25) is 0 Å². The average Bonchev–Trinajstić information content (AvgIpc) is 3.70. The number of rotatable bonds is 5. The van der Waals surface area contributed by atoms with Crippen LogP contribution in [0.3, 0.4) is 0 Å². The van der Waals surface area contributed by atoms with Gasteiger partial charge in [0.2, 0.25) is 0 Å². The van der Waals surface area contributed by atoms with Gasteiger partial charge in [0.25, 0.3) is 0 Å². The molecule has 0 unspecified atom stereocenters. The monoisotopic (exact) mass is 666 g/mol. The van der Waals surface area contributed by atoms with E-state index in [1.54, 1.807) is 0 Å². The van der Waals surface area contributed by atoms with E-state index in [0.29, 0.717) is 0 Å². The summed E-state index contributed by atoms with van der Waals surface area (Å²) in [6.45, 7) is 4.46. The molecule has 0 spiro atoms. The van der Waals surface area contributed by atoms with Crippen molar-refractivity contribution in [1.29, 1.82) is 0 Å². The second-order valence-electron chi connectivity index (χ2n) is 14.3. The molecular weight excluding hydrogens is 629 g/mol. The van der Waals surface area contributed by atoms with Crippen LogP contribution in [0.1, 0.15) is 30.2 Å². The molecule has 0 atom stereocenters. The minimum atomic E-state index is 1.04. The molecule has 1 aliphatic carbocycles. The van der Waals surface area contributed by atoms with E-state index in [-0.39, 0.29) is 0 Å². The van der Waals surface area contributed by atoms with Crippen molar-refractivity contribution in [3.8, 4) is 44.8 Å². The Balaban J connectivity index is 1.09. The Labute approximate surface area is 304 Å². The molecule has 9 aromatic rings. The number of hydrogen-bond donors (Lipinski definition) is 0. The van der Waals surface area contributed by atoms with Gasteiger partial charge in [0, 0.05) is 38.8 Å². The summed E-state index contributed by atoms with van der Waals surface area (Å²) in [6, 6.07) is 60.2. The van der Waals surface area contributed by atoms with Gasteiger partial charge in [-0.2, -0.15) is 0 Å². The van der Waals surface area contributed by atoms with Crippen LogP contribution in [0.15, 0.2) is 169 Å². The van der Waals surface area contributed by atoms with Gasteiger partial charge in [0.1, 0.15) is 0 Å². The SMILES string of the molecule is CC1=Cc2c(n(-c3ccc(-c4ccccc4)cc3)c3ccc(-c4ccc5c(c4)c4cc(C)ccc4n5-c4ccc(-c5ccccc5)cc4)cc23)CC1. The van der Waals surface area contributed by atoms with Crippen molar-refractivity contribution in [3.63, 3.8) is 0 Å². The van der Waals surface area contributed by atoms with Crippen LogP contribution in [-0.4, -0.2) is 9.13 Å². The van der Waals surface area contributed by atoms with E-state index >= 15 is 0 Å². The zero-order valence-electron chi connectivity index (χ0n) is 29.5. The van der Waals surface area contributed by atoms with E-state index in [1.807, 2.05) is 0 Å². The third kappa shape index (κ3) is 5.02. The van der Waals surface area contributed by atoms with Crippen LogP contribution in [0.4, 0.5) is 0 Å². The van der Waals surface area contributed by atoms with Gasteiger partial charge in [-0.1, -0.05) is 120 Å². The number of allylic oxidation sites excluding steroid dienone is 1. The predicted molar refractivity (Wildman–Crippen MR) is 221 cm³/mol. The van der Waals surface area contributed by atoms with Crippen LogP contribution < -0.4 is 0 Å². The van der Waals surface area contributed by atoms with Gasteiger partial charge in [-0.25, -0.2) is 0 Å². The van der Waals surface area contributed by atoms with Gasteiger partial charge in [-0.05, 0) is 121 Å². The minimum absolute atomic E-state index is 1.04. The number of hydrogen-bond acceptors (Lipinski definition) is 0. The molecule has 0 saturated heterocycles. The number of nitrogens with zero attached hydrogens (tertiary/aromatic N) is 2. The summed E-state index contributed by atoms with van der Waals surface area (Å²) in [7, 11) is 0. The van der Waals surface area contributed by atoms with Crippen molar-refractivity contribution < 1.29 is 0 Å². The van der Waals surface area contributed by atoms with E-state index in [2.05, 4.69) is 193 Å². The van der Waals surface area contributed by atoms with Crippen LogP contribution in [0, 0.1) is 6.92 Å². The predicted octanol–water partition coefficient (Wildman–Crippen LogP) is 13.4. The van der Waals surface area contributed by atoms with Crippen molar-refractivity contribution >= 4 is 38.8 Å². The Morgan fingerprint density at radius 2 is 0.846 bits per heavy atom. The molecule has 0 saturated carbocycles. The molecule has 7 aromatic carbocycles. The molecule has 0 fully saturated rings. The normalized spacial score (nSPS) is 12.8. The number of benzene rings is 7. The molecule has 2 aromatic heterocycles. The number of fused-ring (bicyclic) bond motifs is 6. The highest BCUT2D eigenvalue weighted by Crippen LogP contribution is 2.40. The van der Waals surface area contributed by atoms with Crippen molar-refractivity contribution in [3.05, 3.63) is 186 Å². The Morgan fingerprint density at radius 3 is 1.44 bits per heavy atom. The smallest absolute Gasteiger partial charge is 0.0541 e. The average molecular weight is 667 g/mol. The first kappa shape index (κ1) is 30.4. The fourth-order valence-corrected chi connectivity index (χ4v) is 8.35. The fourth-order valence-electron chi connectivity index (χ4n) is 8.35. The van der Waals surface area contributed by atoms with Crippen LogP contribution in [0.5, 0.6) is 0 Å². The lowest BCUT2D eigenvalue weighted by atomic mass is 9.95. The van der Waals surface area contributed by atoms with Crippen LogP contribution in [-0.2, 0) is 6.42 Å². The molecule has 0 N–H and O–H groups in total. The van der Waals surface area contributed by atoms with Gasteiger partial charge >= 0.3 is 0 Å². The highest BCUT2D eigenvalue weighted by Gasteiger charge is 2.21. The maximum absolute atomic E-state index is 2.49. The Hall–Kier alpha value is -6.38. The first-order valence-corrected chi connectivity index (χ1v) is 18.3. The summed E-state index contributed by atoms with van der Waals surface area (Å²) in [5.41, 5.74) is 19.0. The maximum Gasteiger partial charge on any atom is 0.0541 e. The van der Waals surface area contributed by atoms with Crippen molar-refractivity contribution in [2.45, 2.75) is 26.7 Å². The standard InChI is InChI=1S/C50H38N2/c1-33-13-25-47-43(29-33)45-31-39(19-27-49(45)51(47)41-21-15-37(16-22-41)35-9-5-3-6-10-35)40-20-28-50-46(32-40)44-30-34(2)14-26-48(44)52(50)42-23-17-38(18-24-42)36-11-7-4-8-12-36/h3-13,15-25,27-32H,14,26H2,1-2H3. The second-order valence-corrected chi connectivity index (χ2v) is 14.3. The molecule has 0 radical (unpaired) electrons. The Bertz CT molecular complexity index is 2810. The summed E-state index contributed by atoms with van der Waals surface area (Å²) in [6.07, 6.45) is 4.55. The highest BCUT2D eigenvalue weighted by molar-refractivity contribution is 6.11. The molecule has 2 heterocycles. The highest BCUT2D eigenvalue weighted by atomic mass is 15.0. The van der Waals surface area contributed by atoms with Gasteiger partial charge in [0.15, 0.2) is 0 Å². The molecule has 2 heteroatoms. The van der Waals surface area contributed by atoms with E-state index in [9.17, 15) is 0 Å².